The average Bonchev–Trinajstić information content (AvgIpc) is 2.29. The van der Waals surface area contributed by atoms with E-state index in [1.165, 1.54) is 20.8 Å². The summed E-state index contributed by atoms with van der Waals surface area (Å²) in [5.41, 5.74) is 0.798. The van der Waals surface area contributed by atoms with Gasteiger partial charge >= 0.3 is 11.9 Å². The van der Waals surface area contributed by atoms with Crippen molar-refractivity contribution in [2.45, 2.75) is 39.7 Å². The lowest BCUT2D eigenvalue weighted by Crippen LogP contribution is -2.12. The lowest BCUT2D eigenvalue weighted by atomic mass is 10.1. The van der Waals surface area contributed by atoms with Gasteiger partial charge in [-0.1, -0.05) is 12.1 Å². The highest BCUT2D eigenvalue weighted by atomic mass is 16.5. The molecule has 0 N–H and O–H groups in total. The van der Waals surface area contributed by atoms with Crippen molar-refractivity contribution in [2.75, 3.05) is 0 Å². The van der Waals surface area contributed by atoms with Crippen LogP contribution in [-0.4, -0.2) is 18.0 Å². The maximum Gasteiger partial charge on any atom is 0.308 e. The maximum atomic E-state index is 10.9. The van der Waals surface area contributed by atoms with Gasteiger partial charge in [0.05, 0.1) is 7.45 Å². The van der Waals surface area contributed by atoms with Crippen LogP contribution < -0.4 is 4.74 Å². The Balaban J connectivity index is 2.68. The van der Waals surface area contributed by atoms with E-state index in [-0.39, 0.29) is 6.42 Å². The van der Waals surface area contributed by atoms with Crippen LogP contribution in [0, 0.1) is 0 Å². The van der Waals surface area contributed by atoms with Gasteiger partial charge in [-0.25, -0.2) is 0 Å². The largest absolute Gasteiger partial charge is 0.463 e. The van der Waals surface area contributed by atoms with Crippen LogP contribution in [0.1, 0.15) is 35.5 Å². The molecular formula is C14H18O4. The quantitative estimate of drug-likeness (QED) is 0.597. The predicted molar refractivity (Wildman–Crippen MR) is 67.3 cm³/mol. The SMILES string of the molecule is [2H][C@@H](Cc1ccc(OC(C)=O)cc1)[C@@]([2H])(C)OC(C)=O. The average molecular weight is 252 g/mol. The van der Waals surface area contributed by atoms with Gasteiger partial charge in [-0.3, -0.25) is 9.59 Å². The summed E-state index contributed by atoms with van der Waals surface area (Å²) in [4.78, 5) is 21.7. The highest BCUT2D eigenvalue weighted by Crippen LogP contribution is 2.14. The zero-order valence-electron chi connectivity index (χ0n) is 12.7. The summed E-state index contributed by atoms with van der Waals surface area (Å²) < 4.78 is 25.5. The van der Waals surface area contributed by atoms with Gasteiger partial charge in [-0.15, -0.1) is 0 Å². The highest BCUT2D eigenvalue weighted by Gasteiger charge is 2.06. The van der Waals surface area contributed by atoms with E-state index >= 15 is 0 Å². The predicted octanol–water partition coefficient (Wildman–Crippen LogP) is 2.50. The number of hydrogen-bond donors (Lipinski definition) is 0. The maximum absolute atomic E-state index is 10.9. The van der Waals surface area contributed by atoms with E-state index in [2.05, 4.69) is 0 Å². The van der Waals surface area contributed by atoms with Crippen molar-refractivity contribution < 1.29 is 21.8 Å². The molecule has 1 aromatic carbocycles. The molecule has 0 amide bonds. The lowest BCUT2D eigenvalue weighted by Gasteiger charge is -2.11. The Hall–Kier alpha value is -1.84. The standard InChI is InChI=1S/C14H18O4/c1-10(17-11(2)15)4-5-13-6-8-14(9-7-13)18-12(3)16/h6-10H,4-5H2,1-3H3/t10-/m1/s1/i4D,10D/t4-,10+/m0. The van der Waals surface area contributed by atoms with Crippen LogP contribution >= 0.6 is 0 Å². The van der Waals surface area contributed by atoms with E-state index in [0.717, 1.165) is 5.56 Å². The van der Waals surface area contributed by atoms with Gasteiger partial charge in [0, 0.05) is 15.2 Å². The molecule has 0 saturated carbocycles. The molecule has 0 aliphatic rings. The molecule has 0 unspecified atom stereocenters. The van der Waals surface area contributed by atoms with Gasteiger partial charge in [-0.2, -0.15) is 0 Å². The normalized spacial score (nSPS) is 16.8. The van der Waals surface area contributed by atoms with Crippen molar-refractivity contribution in [1.29, 1.82) is 0 Å². The number of benzene rings is 1. The van der Waals surface area contributed by atoms with Crippen LogP contribution in [0.15, 0.2) is 24.3 Å². The Kier molecular flexibility index (Phi) is 4.25. The number of hydrogen-bond acceptors (Lipinski definition) is 4. The molecule has 0 spiro atoms. The Morgan fingerprint density at radius 3 is 2.39 bits per heavy atom. The van der Waals surface area contributed by atoms with Gasteiger partial charge in [0.1, 0.15) is 5.75 Å². The first kappa shape index (κ1) is 11.3. The molecule has 0 bridgehead atoms. The molecule has 1 aromatic rings. The third-order valence-electron chi connectivity index (χ3n) is 2.11. The molecule has 2 atom stereocenters. The van der Waals surface area contributed by atoms with Gasteiger partial charge < -0.3 is 9.47 Å². The fraction of sp³-hybridized carbons (Fsp3) is 0.429. The molecule has 1 rings (SSSR count). The lowest BCUT2D eigenvalue weighted by molar-refractivity contribution is -0.145. The summed E-state index contributed by atoms with van der Waals surface area (Å²) in [6, 6.07) is 6.67. The Morgan fingerprint density at radius 1 is 1.28 bits per heavy atom. The van der Waals surface area contributed by atoms with E-state index in [9.17, 15) is 9.59 Å². The van der Waals surface area contributed by atoms with Gasteiger partial charge in [0.2, 0.25) is 0 Å². The fourth-order valence-electron chi connectivity index (χ4n) is 1.39. The molecule has 0 heterocycles. The summed E-state index contributed by atoms with van der Waals surface area (Å²) >= 11 is 0. The first-order valence-corrected chi connectivity index (χ1v) is 5.60. The number of carbonyl (C=O) groups is 2. The monoisotopic (exact) mass is 252 g/mol. The minimum absolute atomic E-state index is 0.258. The first-order valence-electron chi connectivity index (χ1n) is 6.67. The first-order chi connectivity index (χ1) is 9.20. The summed E-state index contributed by atoms with van der Waals surface area (Å²) in [6.45, 7) is 3.92. The highest BCUT2D eigenvalue weighted by molar-refractivity contribution is 5.69. The summed E-state index contributed by atoms with van der Waals surface area (Å²) in [5.74, 6) is -0.550. The smallest absolute Gasteiger partial charge is 0.308 e. The Morgan fingerprint density at radius 2 is 1.89 bits per heavy atom. The second kappa shape index (κ2) is 6.79. The number of rotatable bonds is 5. The van der Waals surface area contributed by atoms with Crippen molar-refractivity contribution in [3.8, 4) is 5.75 Å². The zero-order valence-corrected chi connectivity index (χ0v) is 10.7. The van der Waals surface area contributed by atoms with E-state index in [0.29, 0.717) is 5.75 Å². The van der Waals surface area contributed by atoms with E-state index < -0.39 is 24.4 Å². The van der Waals surface area contributed by atoms with Gasteiger partial charge in [-0.05, 0) is 37.4 Å². The molecule has 0 radical (unpaired) electrons. The topological polar surface area (TPSA) is 52.6 Å². The van der Waals surface area contributed by atoms with Crippen molar-refractivity contribution in [3.63, 3.8) is 0 Å². The van der Waals surface area contributed by atoms with Crippen LogP contribution in [0.3, 0.4) is 0 Å². The van der Waals surface area contributed by atoms with Gasteiger partial charge in [0.25, 0.3) is 0 Å². The van der Waals surface area contributed by atoms with Crippen LogP contribution in [0.25, 0.3) is 0 Å². The third-order valence-corrected chi connectivity index (χ3v) is 2.11. The molecule has 18 heavy (non-hydrogen) atoms. The van der Waals surface area contributed by atoms with Crippen molar-refractivity contribution in [2.24, 2.45) is 0 Å². The second-order valence-electron chi connectivity index (χ2n) is 3.85. The number of aryl methyl sites for hydroxylation is 1. The molecule has 4 heteroatoms. The summed E-state index contributed by atoms with van der Waals surface area (Å²) in [6.07, 6.45) is -2.25. The Labute approximate surface area is 110 Å². The van der Waals surface area contributed by atoms with Crippen LogP contribution in [0.2, 0.25) is 0 Å². The molecule has 0 aliphatic carbocycles. The summed E-state index contributed by atoms with van der Waals surface area (Å²) in [7, 11) is 0. The van der Waals surface area contributed by atoms with Crippen LogP contribution in [-0.2, 0) is 20.7 Å². The molecule has 0 fully saturated rings. The van der Waals surface area contributed by atoms with E-state index in [4.69, 9.17) is 12.2 Å². The minimum Gasteiger partial charge on any atom is -0.463 e. The molecule has 0 saturated heterocycles. The minimum atomic E-state index is -1.60. The summed E-state index contributed by atoms with van der Waals surface area (Å²) in [5, 5.41) is 0. The molecule has 0 aliphatic heterocycles. The number of carbonyl (C=O) groups excluding carboxylic acids is 2. The second-order valence-corrected chi connectivity index (χ2v) is 3.85. The van der Waals surface area contributed by atoms with Crippen molar-refractivity contribution in [3.05, 3.63) is 29.8 Å². The van der Waals surface area contributed by atoms with Crippen molar-refractivity contribution >= 4 is 11.9 Å². The fourth-order valence-corrected chi connectivity index (χ4v) is 1.39. The van der Waals surface area contributed by atoms with Crippen LogP contribution in [0.5, 0.6) is 5.75 Å². The molecule has 4 nitrogen and oxygen atoms in total. The van der Waals surface area contributed by atoms with Crippen molar-refractivity contribution in [1.82, 2.24) is 0 Å². The zero-order chi connectivity index (χ0) is 15.3. The molecule has 98 valence electrons. The number of ether oxygens (including phenoxy) is 2. The number of esters is 2. The Bertz CT molecular complexity index is 482. The third kappa shape index (κ3) is 5.48. The molecule has 0 aromatic heterocycles. The van der Waals surface area contributed by atoms with Gasteiger partial charge in [0.15, 0.2) is 0 Å². The molecular weight excluding hydrogens is 232 g/mol. The van der Waals surface area contributed by atoms with E-state index in [1.807, 2.05) is 0 Å². The van der Waals surface area contributed by atoms with E-state index in [1.54, 1.807) is 24.3 Å². The van der Waals surface area contributed by atoms with Crippen LogP contribution in [0.4, 0.5) is 0 Å².